The molecule has 8 rings (SSSR count). The van der Waals surface area contributed by atoms with E-state index in [1.165, 1.54) is 0 Å². The molecule has 1 saturated carbocycles. The van der Waals surface area contributed by atoms with Crippen LogP contribution in [-0.4, -0.2) is 98.0 Å². The summed E-state index contributed by atoms with van der Waals surface area (Å²) < 4.78 is 14.4. The molecule has 5 aromatic rings. The Morgan fingerprint density at radius 1 is 0.945 bits per heavy atom. The minimum Gasteiger partial charge on any atom is -0.444 e. The number of hydrogen-bond donors (Lipinski definition) is 2. The number of carbonyl (C=O) groups is 1. The van der Waals surface area contributed by atoms with Crippen molar-refractivity contribution < 1.29 is 14.3 Å². The summed E-state index contributed by atoms with van der Waals surface area (Å²) in [4.78, 5) is 46.5. The van der Waals surface area contributed by atoms with Gasteiger partial charge in [0.25, 0.3) is 5.56 Å². The zero-order valence-corrected chi connectivity index (χ0v) is 32.9. The zero-order valence-electron chi connectivity index (χ0n) is 32.9. The molecule has 3 aliphatic rings. The number of ether oxygens (including phenoxy) is 2. The standard InChI is InChI=1S/C43H54N8O4/c1-27-24-51(41(53)55-42(3,4)5)28(2)23-50(27)31-17-20-49(21-18-31)40-46-36-15-12-29(35-25-48(6)39(52)37-33(35)16-19-45-37)22-34(36)38(47-40)43(26-44,54-32-13-14-32)30-10-8-7-9-11-30/h7-12,15-16,19,22,25,27-28,31-32,45H,13-14,17-18,20-21,23-24,26,44H2,1-6H3/t27-,28+,43?/m0/s1. The molecule has 3 aromatic heterocycles. The van der Waals surface area contributed by atoms with Crippen LogP contribution in [0.25, 0.3) is 32.9 Å². The third-order valence-electron chi connectivity index (χ3n) is 11.6. The average Bonchev–Trinajstić information content (AvgIpc) is 3.86. The van der Waals surface area contributed by atoms with Crippen molar-refractivity contribution in [3.8, 4) is 11.1 Å². The molecule has 2 aliphatic heterocycles. The van der Waals surface area contributed by atoms with Gasteiger partial charge in [0.1, 0.15) is 16.7 Å². The first-order chi connectivity index (χ1) is 26.3. The van der Waals surface area contributed by atoms with Gasteiger partial charge in [-0.25, -0.2) is 14.8 Å². The lowest BCUT2D eigenvalue weighted by atomic mass is 9.86. The maximum absolute atomic E-state index is 13.0. The Bertz CT molecular complexity index is 2250. The number of rotatable bonds is 8. The van der Waals surface area contributed by atoms with E-state index in [4.69, 9.17) is 25.2 Å². The van der Waals surface area contributed by atoms with Crippen molar-refractivity contribution in [1.82, 2.24) is 29.3 Å². The van der Waals surface area contributed by atoms with Gasteiger partial charge in [-0.1, -0.05) is 36.4 Å². The SMILES string of the molecule is C[C@@H]1CN(C2CCN(c3nc(C(CN)(OC4CC4)c4ccccc4)c4cc(-c5cn(C)c(=O)c6[nH]ccc56)ccc4n3)CC2)[C@@H](C)CN1C(=O)OC(C)(C)C. The zero-order chi connectivity index (χ0) is 38.6. The number of aromatic nitrogens is 4. The number of fused-ring (bicyclic) bond motifs is 2. The van der Waals surface area contributed by atoms with Crippen LogP contribution < -0.4 is 16.2 Å². The molecular formula is C43H54N8O4. The monoisotopic (exact) mass is 746 g/mol. The molecular weight excluding hydrogens is 693 g/mol. The first kappa shape index (κ1) is 37.2. The van der Waals surface area contributed by atoms with Gasteiger partial charge in [0, 0.05) is 86.6 Å². The number of hydrogen-bond acceptors (Lipinski definition) is 9. The Hall–Kier alpha value is -4.78. The first-order valence-electron chi connectivity index (χ1n) is 19.8. The average molecular weight is 747 g/mol. The van der Waals surface area contributed by atoms with Crippen molar-refractivity contribution in [3.05, 3.63) is 88.6 Å². The quantitative estimate of drug-likeness (QED) is 0.192. The van der Waals surface area contributed by atoms with Crippen LogP contribution in [0.2, 0.25) is 0 Å². The Morgan fingerprint density at radius 2 is 1.69 bits per heavy atom. The van der Waals surface area contributed by atoms with Gasteiger partial charge in [-0.2, -0.15) is 0 Å². The van der Waals surface area contributed by atoms with Crippen molar-refractivity contribution in [1.29, 1.82) is 0 Å². The van der Waals surface area contributed by atoms with Crippen LogP contribution in [0.4, 0.5) is 10.7 Å². The molecule has 1 unspecified atom stereocenters. The molecule has 0 bridgehead atoms. The van der Waals surface area contributed by atoms with Gasteiger partial charge in [-0.3, -0.25) is 9.69 Å². The number of piperidine rings is 1. The Labute approximate surface area is 322 Å². The van der Waals surface area contributed by atoms with Crippen LogP contribution >= 0.6 is 0 Å². The molecule has 2 saturated heterocycles. The van der Waals surface area contributed by atoms with Crippen molar-refractivity contribution in [3.63, 3.8) is 0 Å². The molecule has 3 fully saturated rings. The van der Waals surface area contributed by atoms with E-state index in [0.717, 1.165) is 84.0 Å². The van der Waals surface area contributed by atoms with E-state index in [2.05, 4.69) is 59.0 Å². The number of nitrogens with one attached hydrogen (secondary N) is 1. The fourth-order valence-electron chi connectivity index (χ4n) is 8.57. The maximum atomic E-state index is 13.0. The number of H-pyrrole nitrogens is 1. The summed E-state index contributed by atoms with van der Waals surface area (Å²) in [6, 6.07) is 19.1. The molecule has 12 nitrogen and oxygen atoms in total. The molecule has 3 atom stereocenters. The number of anilines is 1. The van der Waals surface area contributed by atoms with Crippen LogP contribution in [0.15, 0.2) is 71.8 Å². The molecule has 2 aromatic carbocycles. The summed E-state index contributed by atoms with van der Waals surface area (Å²) >= 11 is 0. The van der Waals surface area contributed by atoms with Gasteiger partial charge in [0.15, 0.2) is 0 Å². The molecule has 0 radical (unpaired) electrons. The number of benzene rings is 2. The van der Waals surface area contributed by atoms with Gasteiger partial charge >= 0.3 is 6.09 Å². The molecule has 12 heteroatoms. The second kappa shape index (κ2) is 14.4. The smallest absolute Gasteiger partial charge is 0.410 e. The van der Waals surface area contributed by atoms with Gasteiger partial charge in [0.2, 0.25) is 5.95 Å². The minimum absolute atomic E-state index is 0.0586. The van der Waals surface area contributed by atoms with E-state index in [-0.39, 0.29) is 36.4 Å². The van der Waals surface area contributed by atoms with Crippen LogP contribution in [-0.2, 0) is 22.1 Å². The van der Waals surface area contributed by atoms with E-state index < -0.39 is 11.2 Å². The van der Waals surface area contributed by atoms with Gasteiger partial charge in [-0.15, -0.1) is 0 Å². The predicted molar refractivity (Wildman–Crippen MR) is 216 cm³/mol. The maximum Gasteiger partial charge on any atom is 0.410 e. The van der Waals surface area contributed by atoms with Gasteiger partial charge in [-0.05, 0) is 89.6 Å². The molecule has 5 heterocycles. The Kier molecular flexibility index (Phi) is 9.71. The normalized spacial score (nSPS) is 21.3. The van der Waals surface area contributed by atoms with E-state index in [1.807, 2.05) is 62.3 Å². The molecule has 3 N–H and O–H groups in total. The van der Waals surface area contributed by atoms with Gasteiger partial charge in [0.05, 0.1) is 17.3 Å². The lowest BCUT2D eigenvalue weighted by Gasteiger charge is -2.49. The van der Waals surface area contributed by atoms with E-state index >= 15 is 0 Å². The Morgan fingerprint density at radius 3 is 2.38 bits per heavy atom. The second-order valence-electron chi connectivity index (χ2n) is 16.8. The fraction of sp³-hybridized carbons (Fsp3) is 0.488. The highest BCUT2D eigenvalue weighted by atomic mass is 16.6. The van der Waals surface area contributed by atoms with Crippen molar-refractivity contribution >= 4 is 33.8 Å². The fourth-order valence-corrected chi connectivity index (χ4v) is 8.57. The highest BCUT2D eigenvalue weighted by molar-refractivity contribution is 5.97. The molecule has 0 spiro atoms. The summed E-state index contributed by atoms with van der Waals surface area (Å²) in [6.07, 6.45) is 7.44. The highest BCUT2D eigenvalue weighted by Gasteiger charge is 2.44. The third kappa shape index (κ3) is 7.11. The number of aromatic amines is 1. The first-order valence-corrected chi connectivity index (χ1v) is 19.8. The third-order valence-corrected chi connectivity index (χ3v) is 11.6. The Balaban J connectivity index is 1.14. The topological polar surface area (TPSA) is 135 Å². The van der Waals surface area contributed by atoms with E-state index in [0.29, 0.717) is 24.1 Å². The minimum atomic E-state index is -0.998. The van der Waals surface area contributed by atoms with Crippen molar-refractivity contribution in [2.45, 2.75) is 95.7 Å². The number of amides is 1. The van der Waals surface area contributed by atoms with E-state index in [9.17, 15) is 9.59 Å². The summed E-state index contributed by atoms with van der Waals surface area (Å²) in [5, 5.41) is 1.73. The van der Waals surface area contributed by atoms with Crippen molar-refractivity contribution in [2.75, 3.05) is 37.6 Å². The summed E-state index contributed by atoms with van der Waals surface area (Å²) in [7, 11) is 1.78. The predicted octanol–water partition coefficient (Wildman–Crippen LogP) is 6.16. The largest absolute Gasteiger partial charge is 0.444 e. The molecule has 1 aliphatic carbocycles. The van der Waals surface area contributed by atoms with Crippen molar-refractivity contribution in [2.24, 2.45) is 12.8 Å². The van der Waals surface area contributed by atoms with Gasteiger partial charge < -0.3 is 34.6 Å². The number of carbonyl (C=O) groups excluding carboxylic acids is 1. The van der Waals surface area contributed by atoms with Crippen LogP contribution in [0.3, 0.4) is 0 Å². The molecule has 1 amide bonds. The van der Waals surface area contributed by atoms with Crippen LogP contribution in [0.1, 0.15) is 71.6 Å². The number of piperazine rings is 1. The highest BCUT2D eigenvalue weighted by Crippen LogP contribution is 2.43. The molecule has 55 heavy (non-hydrogen) atoms. The molecule has 290 valence electrons. The summed E-state index contributed by atoms with van der Waals surface area (Å²) in [5.74, 6) is 0.674. The van der Waals surface area contributed by atoms with E-state index in [1.54, 1.807) is 11.6 Å². The van der Waals surface area contributed by atoms with Crippen LogP contribution in [0, 0.1) is 0 Å². The lowest BCUT2D eigenvalue weighted by Crippen LogP contribution is -2.62. The second-order valence-corrected chi connectivity index (χ2v) is 16.8. The number of nitrogens with two attached hydrogens (primary N) is 1. The lowest BCUT2D eigenvalue weighted by molar-refractivity contribution is -0.0259. The summed E-state index contributed by atoms with van der Waals surface area (Å²) in [5.41, 5.74) is 10.2. The van der Waals surface area contributed by atoms with Crippen LogP contribution in [0.5, 0.6) is 0 Å². The summed E-state index contributed by atoms with van der Waals surface area (Å²) in [6.45, 7) is 13.3. The number of aryl methyl sites for hydroxylation is 1. The number of pyridine rings is 1. The number of nitrogens with zero attached hydrogens (tertiary/aromatic N) is 6.